The van der Waals surface area contributed by atoms with Crippen LogP contribution in [-0.4, -0.2) is 41.2 Å². The number of aliphatic hydroxyl groups is 1. The van der Waals surface area contributed by atoms with Crippen LogP contribution in [0.25, 0.3) is 0 Å². The fourth-order valence-corrected chi connectivity index (χ4v) is 4.70. The van der Waals surface area contributed by atoms with Crippen LogP contribution in [0.4, 0.5) is 5.69 Å². The predicted octanol–water partition coefficient (Wildman–Crippen LogP) is 5.34. The zero-order valence-corrected chi connectivity index (χ0v) is 20.2. The first-order valence-corrected chi connectivity index (χ1v) is 11.6. The lowest BCUT2D eigenvalue weighted by atomic mass is 9.94. The fourth-order valence-electron chi connectivity index (χ4n) is 4.40. The van der Waals surface area contributed by atoms with Crippen LogP contribution in [0.15, 0.2) is 60.8 Å². The van der Waals surface area contributed by atoms with Gasteiger partial charge in [0.2, 0.25) is 0 Å². The van der Waals surface area contributed by atoms with Crippen molar-refractivity contribution in [2.24, 2.45) is 0 Å². The molecule has 2 atom stereocenters. The minimum atomic E-state index is -1.04. The number of nitrogens with zero attached hydrogens (tertiary/aromatic N) is 4. The molecule has 5 nitrogen and oxygen atoms in total. The molecule has 4 rings (SSSR count). The van der Waals surface area contributed by atoms with Crippen molar-refractivity contribution in [3.63, 3.8) is 0 Å². The Morgan fingerprint density at radius 1 is 1.09 bits per heavy atom. The van der Waals surface area contributed by atoms with E-state index >= 15 is 0 Å². The Morgan fingerprint density at radius 2 is 1.82 bits per heavy atom. The summed E-state index contributed by atoms with van der Waals surface area (Å²) in [7, 11) is 0. The van der Waals surface area contributed by atoms with E-state index in [0.717, 1.165) is 29.1 Å². The average Bonchev–Trinajstić information content (AvgIpc) is 2.80. The van der Waals surface area contributed by atoms with Gasteiger partial charge >= 0.3 is 0 Å². The molecule has 0 bridgehead atoms. The lowest BCUT2D eigenvalue weighted by Crippen LogP contribution is -2.52. The third-order valence-corrected chi connectivity index (χ3v) is 6.66. The average molecular weight is 481 g/mol. The summed E-state index contributed by atoms with van der Waals surface area (Å²) >= 11 is 12.3. The second kappa shape index (κ2) is 9.70. The molecule has 1 N–H and O–H groups in total. The van der Waals surface area contributed by atoms with Gasteiger partial charge in [0, 0.05) is 53.7 Å². The Morgan fingerprint density at radius 3 is 2.48 bits per heavy atom. The highest BCUT2D eigenvalue weighted by Gasteiger charge is 2.34. The summed E-state index contributed by atoms with van der Waals surface area (Å²) < 4.78 is 0. The van der Waals surface area contributed by atoms with Crippen molar-refractivity contribution < 1.29 is 5.11 Å². The number of β-amino-alcohol motifs (C(OH)–C–C–N with tert-alkyl or cyclic N) is 1. The minimum Gasteiger partial charge on any atom is -0.384 e. The largest absolute Gasteiger partial charge is 0.384 e. The van der Waals surface area contributed by atoms with E-state index in [0.29, 0.717) is 35.2 Å². The number of anilines is 1. The molecule has 1 saturated heterocycles. The van der Waals surface area contributed by atoms with Crippen molar-refractivity contribution in [3.05, 3.63) is 93.2 Å². The van der Waals surface area contributed by atoms with E-state index in [-0.39, 0.29) is 6.04 Å². The highest BCUT2D eigenvalue weighted by Crippen LogP contribution is 2.35. The molecule has 0 unspecified atom stereocenters. The van der Waals surface area contributed by atoms with E-state index in [9.17, 15) is 10.4 Å². The van der Waals surface area contributed by atoms with Gasteiger partial charge < -0.3 is 10.0 Å². The molecule has 0 saturated carbocycles. The van der Waals surface area contributed by atoms with Crippen LogP contribution in [0.5, 0.6) is 0 Å². The van der Waals surface area contributed by atoms with Crippen LogP contribution in [0.3, 0.4) is 0 Å². The first-order chi connectivity index (χ1) is 15.8. The maximum absolute atomic E-state index is 11.2. The van der Waals surface area contributed by atoms with Crippen molar-refractivity contribution in [1.82, 2.24) is 9.88 Å². The molecule has 170 valence electrons. The van der Waals surface area contributed by atoms with Crippen LogP contribution in [0.2, 0.25) is 10.0 Å². The molecule has 0 amide bonds. The standard InChI is InChI=1S/C26H26Cl2N4O/c1-18-3-6-21(15-30-18)26(2,33)17-31-11-12-32(24-10-9-23(28)13-20(24)14-29)25(16-31)19-4-7-22(27)8-5-19/h3-10,13,15,25,33H,11-12,16-17H2,1-2H3/t25-,26+/m0/s1. The van der Waals surface area contributed by atoms with Crippen LogP contribution in [-0.2, 0) is 5.60 Å². The number of benzene rings is 2. The molecule has 1 aromatic heterocycles. The van der Waals surface area contributed by atoms with Gasteiger partial charge in [-0.25, -0.2) is 0 Å². The van der Waals surface area contributed by atoms with Crippen molar-refractivity contribution in [1.29, 1.82) is 5.26 Å². The normalized spacial score (nSPS) is 18.5. The molecule has 2 heterocycles. The zero-order valence-electron chi connectivity index (χ0n) is 18.7. The van der Waals surface area contributed by atoms with Gasteiger partial charge in [-0.05, 0) is 55.8 Å². The number of nitriles is 1. The molecule has 0 radical (unpaired) electrons. The van der Waals surface area contributed by atoms with E-state index in [2.05, 4.69) is 20.9 Å². The van der Waals surface area contributed by atoms with Gasteiger partial charge in [0.25, 0.3) is 0 Å². The third-order valence-electron chi connectivity index (χ3n) is 6.17. The summed E-state index contributed by atoms with van der Waals surface area (Å²) in [6, 6.07) is 19.4. The number of rotatable bonds is 5. The summed E-state index contributed by atoms with van der Waals surface area (Å²) in [5.41, 5.74) is 3.18. The molecule has 0 aliphatic carbocycles. The topological polar surface area (TPSA) is 63.4 Å². The Hall–Kier alpha value is -2.62. The minimum absolute atomic E-state index is 0.0174. The van der Waals surface area contributed by atoms with E-state index in [1.807, 2.05) is 62.4 Å². The van der Waals surface area contributed by atoms with E-state index < -0.39 is 5.60 Å². The molecule has 2 aromatic carbocycles. The van der Waals surface area contributed by atoms with Gasteiger partial charge in [-0.15, -0.1) is 0 Å². The number of aryl methyl sites for hydroxylation is 1. The molecular formula is C26H26Cl2N4O. The molecule has 1 fully saturated rings. The number of pyridine rings is 1. The predicted molar refractivity (Wildman–Crippen MR) is 133 cm³/mol. The molecule has 33 heavy (non-hydrogen) atoms. The second-order valence-electron chi connectivity index (χ2n) is 8.73. The van der Waals surface area contributed by atoms with Gasteiger partial charge in [0.15, 0.2) is 0 Å². The molecule has 1 aliphatic heterocycles. The molecule has 3 aromatic rings. The van der Waals surface area contributed by atoms with Gasteiger partial charge in [0.1, 0.15) is 11.7 Å². The number of hydrogen-bond acceptors (Lipinski definition) is 5. The highest BCUT2D eigenvalue weighted by molar-refractivity contribution is 6.31. The summed E-state index contributed by atoms with van der Waals surface area (Å²) in [6.07, 6.45) is 1.75. The van der Waals surface area contributed by atoms with Gasteiger partial charge in [-0.2, -0.15) is 5.26 Å². The summed E-state index contributed by atoms with van der Waals surface area (Å²) in [6.45, 7) is 6.36. The molecule has 0 spiro atoms. The maximum Gasteiger partial charge on any atom is 0.101 e. The Labute approximate surface area is 204 Å². The molecule has 1 aliphatic rings. The number of piperazine rings is 1. The molecule has 7 heteroatoms. The Bertz CT molecular complexity index is 1160. The quantitative estimate of drug-likeness (QED) is 0.533. The number of halogens is 2. The second-order valence-corrected chi connectivity index (χ2v) is 9.60. The third kappa shape index (κ3) is 5.31. The zero-order chi connectivity index (χ0) is 23.6. The van der Waals surface area contributed by atoms with Crippen molar-refractivity contribution in [2.45, 2.75) is 25.5 Å². The fraction of sp³-hybridized carbons (Fsp3) is 0.308. The van der Waals surface area contributed by atoms with Crippen LogP contribution >= 0.6 is 23.2 Å². The summed E-state index contributed by atoms with van der Waals surface area (Å²) in [5.74, 6) is 0. The van der Waals surface area contributed by atoms with Crippen molar-refractivity contribution in [2.75, 3.05) is 31.1 Å². The highest BCUT2D eigenvalue weighted by atomic mass is 35.5. The van der Waals surface area contributed by atoms with Crippen LogP contribution < -0.4 is 4.90 Å². The molecular weight excluding hydrogens is 455 g/mol. The van der Waals surface area contributed by atoms with Crippen molar-refractivity contribution in [3.8, 4) is 6.07 Å². The first kappa shape index (κ1) is 23.5. The number of hydrogen-bond donors (Lipinski definition) is 1. The SMILES string of the molecule is Cc1ccc([C@](C)(O)CN2CCN(c3ccc(Cl)cc3C#N)[C@H](c3ccc(Cl)cc3)C2)cn1. The smallest absolute Gasteiger partial charge is 0.101 e. The summed E-state index contributed by atoms with van der Waals surface area (Å²) in [4.78, 5) is 8.85. The van der Waals surface area contributed by atoms with Gasteiger partial charge in [-0.3, -0.25) is 9.88 Å². The lowest BCUT2D eigenvalue weighted by Gasteiger charge is -2.45. The first-order valence-electron chi connectivity index (χ1n) is 10.9. The lowest BCUT2D eigenvalue weighted by molar-refractivity contribution is 0.0100. The van der Waals surface area contributed by atoms with Gasteiger partial charge in [-0.1, -0.05) is 41.4 Å². The number of aromatic nitrogens is 1. The van der Waals surface area contributed by atoms with E-state index in [1.165, 1.54) is 0 Å². The van der Waals surface area contributed by atoms with Gasteiger partial charge in [0.05, 0.1) is 17.3 Å². The van der Waals surface area contributed by atoms with E-state index in [1.54, 1.807) is 12.3 Å². The van der Waals surface area contributed by atoms with E-state index in [4.69, 9.17) is 23.2 Å². The Kier molecular flexibility index (Phi) is 6.92. The maximum atomic E-state index is 11.2. The van der Waals surface area contributed by atoms with Crippen LogP contribution in [0.1, 0.15) is 35.3 Å². The summed E-state index contributed by atoms with van der Waals surface area (Å²) in [5, 5.41) is 22.2. The Balaban J connectivity index is 1.63. The van der Waals surface area contributed by atoms with Crippen molar-refractivity contribution >= 4 is 28.9 Å². The van der Waals surface area contributed by atoms with Crippen LogP contribution in [0, 0.1) is 18.3 Å². The monoisotopic (exact) mass is 480 g/mol.